The summed E-state index contributed by atoms with van der Waals surface area (Å²) in [6.07, 6.45) is 2.29. The molecule has 0 aliphatic heterocycles. The predicted molar refractivity (Wildman–Crippen MR) is 41.1 cm³/mol. The van der Waals surface area contributed by atoms with Gasteiger partial charge in [0.15, 0.2) is 0 Å². The molecule has 0 radical (unpaired) electrons. The number of hydrogen-bond donors (Lipinski definition) is 3. The third-order valence-electron chi connectivity index (χ3n) is 1.10. The van der Waals surface area contributed by atoms with Crippen molar-refractivity contribution >= 4 is 5.97 Å². The molecule has 0 fully saturated rings. The zero-order chi connectivity index (χ0) is 8.91. The van der Waals surface area contributed by atoms with Crippen molar-refractivity contribution in [3.63, 3.8) is 0 Å². The highest BCUT2D eigenvalue weighted by molar-refractivity contribution is 5.79. The Kier molecular flexibility index (Phi) is 3.60. The van der Waals surface area contributed by atoms with Crippen molar-refractivity contribution in [3.05, 3.63) is 12.3 Å². The van der Waals surface area contributed by atoms with Crippen molar-refractivity contribution in [1.82, 2.24) is 5.32 Å². The van der Waals surface area contributed by atoms with Gasteiger partial charge >= 0.3 is 5.97 Å². The SMILES string of the molecule is CC(C)(CO)N/C=C/C(=O)O. The predicted octanol–water partition coefficient (Wildman–Crippen LogP) is -0.0548. The molecule has 0 aromatic carbocycles. The maximum absolute atomic E-state index is 9.98. The van der Waals surface area contributed by atoms with E-state index in [9.17, 15) is 4.79 Å². The molecule has 4 nitrogen and oxygen atoms in total. The molecule has 0 aliphatic carbocycles. The third-order valence-corrected chi connectivity index (χ3v) is 1.10. The van der Waals surface area contributed by atoms with Gasteiger partial charge in [-0.2, -0.15) is 0 Å². The molecule has 0 spiro atoms. The van der Waals surface area contributed by atoms with E-state index in [1.54, 1.807) is 13.8 Å². The van der Waals surface area contributed by atoms with Crippen LogP contribution in [0.5, 0.6) is 0 Å². The van der Waals surface area contributed by atoms with E-state index < -0.39 is 11.5 Å². The van der Waals surface area contributed by atoms with Gasteiger partial charge in [-0.15, -0.1) is 0 Å². The van der Waals surface area contributed by atoms with Gasteiger partial charge in [-0.05, 0) is 13.8 Å². The van der Waals surface area contributed by atoms with E-state index in [0.717, 1.165) is 6.08 Å². The summed E-state index contributed by atoms with van der Waals surface area (Å²) < 4.78 is 0. The lowest BCUT2D eigenvalue weighted by Crippen LogP contribution is -2.39. The number of carboxylic acid groups (broad SMARTS) is 1. The minimum atomic E-state index is -1.01. The van der Waals surface area contributed by atoms with Gasteiger partial charge in [0.1, 0.15) is 0 Å². The van der Waals surface area contributed by atoms with Crippen molar-refractivity contribution in [2.45, 2.75) is 19.4 Å². The van der Waals surface area contributed by atoms with E-state index in [0.29, 0.717) is 0 Å². The number of aliphatic hydroxyl groups excluding tert-OH is 1. The van der Waals surface area contributed by atoms with Gasteiger partial charge in [0.05, 0.1) is 12.1 Å². The number of aliphatic carboxylic acids is 1. The summed E-state index contributed by atoms with van der Waals surface area (Å²) in [5, 5.41) is 19.6. The summed E-state index contributed by atoms with van der Waals surface area (Å²) in [5.74, 6) is -1.01. The minimum Gasteiger partial charge on any atom is -0.478 e. The second-order valence-electron chi connectivity index (χ2n) is 2.86. The van der Waals surface area contributed by atoms with Crippen LogP contribution in [0.4, 0.5) is 0 Å². The Balaban J connectivity index is 3.78. The topological polar surface area (TPSA) is 69.6 Å². The maximum atomic E-state index is 9.98. The molecule has 0 rings (SSSR count). The van der Waals surface area contributed by atoms with Crippen LogP contribution in [-0.4, -0.2) is 28.3 Å². The summed E-state index contributed by atoms with van der Waals surface area (Å²) in [6, 6.07) is 0. The van der Waals surface area contributed by atoms with E-state index in [1.807, 2.05) is 0 Å². The van der Waals surface area contributed by atoms with E-state index in [-0.39, 0.29) is 6.61 Å². The molecule has 4 heteroatoms. The first-order valence-electron chi connectivity index (χ1n) is 3.26. The molecule has 3 N–H and O–H groups in total. The molecule has 0 unspecified atom stereocenters. The van der Waals surface area contributed by atoms with Crippen LogP contribution in [0.15, 0.2) is 12.3 Å². The van der Waals surface area contributed by atoms with Gasteiger partial charge in [0, 0.05) is 12.3 Å². The van der Waals surface area contributed by atoms with Gasteiger partial charge in [-0.3, -0.25) is 0 Å². The molecule has 0 aromatic rings. The highest BCUT2D eigenvalue weighted by Gasteiger charge is 2.12. The summed E-state index contributed by atoms with van der Waals surface area (Å²) in [4.78, 5) is 9.98. The molecule has 0 aliphatic rings. The Morgan fingerprint density at radius 1 is 1.64 bits per heavy atom. The van der Waals surface area contributed by atoms with Crippen molar-refractivity contribution in [2.75, 3.05) is 6.61 Å². The first kappa shape index (κ1) is 9.97. The normalized spacial score (nSPS) is 11.9. The highest BCUT2D eigenvalue weighted by Crippen LogP contribution is 1.98. The largest absolute Gasteiger partial charge is 0.478 e. The van der Waals surface area contributed by atoms with Gasteiger partial charge in [-0.1, -0.05) is 0 Å². The van der Waals surface area contributed by atoms with Crippen LogP contribution in [0.3, 0.4) is 0 Å². The lowest BCUT2D eigenvalue weighted by Gasteiger charge is -2.21. The third kappa shape index (κ3) is 5.42. The number of rotatable bonds is 4. The number of nitrogens with one attached hydrogen (secondary N) is 1. The fourth-order valence-electron chi connectivity index (χ4n) is 0.384. The van der Waals surface area contributed by atoms with Crippen molar-refractivity contribution < 1.29 is 15.0 Å². The second kappa shape index (κ2) is 3.98. The lowest BCUT2D eigenvalue weighted by atomic mass is 10.1. The van der Waals surface area contributed by atoms with Crippen LogP contribution in [0.1, 0.15) is 13.8 Å². The molecule has 64 valence electrons. The molecule has 0 saturated heterocycles. The van der Waals surface area contributed by atoms with Crippen LogP contribution in [0.25, 0.3) is 0 Å². The Bertz CT molecular complexity index is 163. The quantitative estimate of drug-likeness (QED) is 0.503. The fourth-order valence-corrected chi connectivity index (χ4v) is 0.384. The number of hydrogen-bond acceptors (Lipinski definition) is 3. The molecule has 11 heavy (non-hydrogen) atoms. The van der Waals surface area contributed by atoms with E-state index in [2.05, 4.69) is 5.32 Å². The average Bonchev–Trinajstić information content (AvgIpc) is 1.87. The molecule has 0 bridgehead atoms. The highest BCUT2D eigenvalue weighted by atomic mass is 16.4. The molecule has 0 amide bonds. The smallest absolute Gasteiger partial charge is 0.329 e. The first-order chi connectivity index (χ1) is 4.98. The maximum Gasteiger partial charge on any atom is 0.329 e. The van der Waals surface area contributed by atoms with Crippen molar-refractivity contribution in [1.29, 1.82) is 0 Å². The van der Waals surface area contributed by atoms with Crippen LogP contribution in [0, 0.1) is 0 Å². The van der Waals surface area contributed by atoms with Crippen molar-refractivity contribution in [2.24, 2.45) is 0 Å². The van der Waals surface area contributed by atoms with Crippen LogP contribution >= 0.6 is 0 Å². The Morgan fingerprint density at radius 3 is 2.55 bits per heavy atom. The zero-order valence-corrected chi connectivity index (χ0v) is 6.66. The van der Waals surface area contributed by atoms with Gasteiger partial charge in [0.2, 0.25) is 0 Å². The minimum absolute atomic E-state index is 0.0447. The van der Waals surface area contributed by atoms with Gasteiger partial charge in [0.25, 0.3) is 0 Å². The lowest BCUT2D eigenvalue weighted by molar-refractivity contribution is -0.131. The summed E-state index contributed by atoms with van der Waals surface area (Å²) in [5.41, 5.74) is -0.466. The molecule has 0 atom stereocenters. The van der Waals surface area contributed by atoms with Crippen LogP contribution < -0.4 is 5.32 Å². The van der Waals surface area contributed by atoms with E-state index >= 15 is 0 Å². The van der Waals surface area contributed by atoms with Crippen molar-refractivity contribution in [3.8, 4) is 0 Å². The van der Waals surface area contributed by atoms with Crippen LogP contribution in [0.2, 0.25) is 0 Å². The molecule has 0 aromatic heterocycles. The number of carboxylic acids is 1. The number of carbonyl (C=O) groups is 1. The standard InChI is InChI=1S/C7H13NO3/c1-7(2,5-9)8-4-3-6(10)11/h3-4,8-9H,5H2,1-2H3,(H,10,11)/b4-3+. The monoisotopic (exact) mass is 159 g/mol. The Hall–Kier alpha value is -1.03. The van der Waals surface area contributed by atoms with E-state index in [1.165, 1.54) is 6.20 Å². The number of aliphatic hydroxyl groups is 1. The van der Waals surface area contributed by atoms with Crippen LogP contribution in [-0.2, 0) is 4.79 Å². The fraction of sp³-hybridized carbons (Fsp3) is 0.571. The first-order valence-corrected chi connectivity index (χ1v) is 3.26. The average molecular weight is 159 g/mol. The summed E-state index contributed by atoms with van der Waals surface area (Å²) in [7, 11) is 0. The Labute approximate surface area is 65.5 Å². The molecular formula is C7H13NO3. The van der Waals surface area contributed by atoms with Gasteiger partial charge < -0.3 is 15.5 Å². The molecule has 0 heterocycles. The zero-order valence-electron chi connectivity index (χ0n) is 6.66. The van der Waals surface area contributed by atoms with E-state index in [4.69, 9.17) is 10.2 Å². The summed E-state index contributed by atoms with van der Waals surface area (Å²) >= 11 is 0. The molecular weight excluding hydrogens is 146 g/mol. The Morgan fingerprint density at radius 2 is 2.18 bits per heavy atom. The molecule has 0 saturated carbocycles. The summed E-state index contributed by atoms with van der Waals surface area (Å²) in [6.45, 7) is 3.48. The second-order valence-corrected chi connectivity index (χ2v) is 2.86. The van der Waals surface area contributed by atoms with Gasteiger partial charge in [-0.25, -0.2) is 4.79 Å².